The van der Waals surface area contributed by atoms with E-state index in [1.807, 2.05) is 6.92 Å². The Kier molecular flexibility index (Phi) is 3.66. The Morgan fingerprint density at radius 3 is 2.75 bits per heavy atom. The number of ether oxygens (including phenoxy) is 1. The lowest BCUT2D eigenvalue weighted by molar-refractivity contribution is -0.138. The van der Waals surface area contributed by atoms with Crippen LogP contribution in [-0.2, 0) is 9.53 Å². The van der Waals surface area contributed by atoms with Crippen molar-refractivity contribution in [3.63, 3.8) is 0 Å². The predicted molar refractivity (Wildman–Crippen MR) is 51.1 cm³/mol. The molecule has 0 spiro atoms. The van der Waals surface area contributed by atoms with Crippen molar-refractivity contribution < 1.29 is 9.53 Å². The van der Waals surface area contributed by atoms with Crippen LogP contribution in [0.2, 0.25) is 0 Å². The van der Waals surface area contributed by atoms with Gasteiger partial charge in [0, 0.05) is 5.57 Å². The highest BCUT2D eigenvalue weighted by molar-refractivity contribution is 7.84. The Morgan fingerprint density at radius 2 is 2.17 bits per heavy atom. The van der Waals surface area contributed by atoms with Gasteiger partial charge >= 0.3 is 5.97 Å². The van der Waals surface area contributed by atoms with Gasteiger partial charge in [0.15, 0.2) is 0 Å². The van der Waals surface area contributed by atoms with Crippen LogP contribution >= 0.6 is 12.6 Å². The Hall–Kier alpha value is -0.440. The predicted octanol–water partition coefficient (Wildman–Crippen LogP) is 2.31. The van der Waals surface area contributed by atoms with Gasteiger partial charge in [-0.25, -0.2) is 4.79 Å². The van der Waals surface area contributed by atoms with Crippen molar-refractivity contribution in [3.8, 4) is 0 Å². The summed E-state index contributed by atoms with van der Waals surface area (Å²) in [6.45, 7) is 2.27. The van der Waals surface area contributed by atoms with Crippen LogP contribution in [0, 0.1) is 0 Å². The molecule has 0 atom stereocenters. The summed E-state index contributed by atoms with van der Waals surface area (Å²) in [6.07, 6.45) is 3.98. The maximum absolute atomic E-state index is 11.3. The molecule has 2 nitrogen and oxygen atoms in total. The van der Waals surface area contributed by atoms with Gasteiger partial charge in [0.25, 0.3) is 0 Å². The molecule has 1 aliphatic carbocycles. The molecular weight excluding hydrogens is 172 g/mol. The highest BCUT2D eigenvalue weighted by Crippen LogP contribution is 2.27. The second-order valence-corrected chi connectivity index (χ2v) is 3.39. The van der Waals surface area contributed by atoms with E-state index in [4.69, 9.17) is 4.74 Å². The summed E-state index contributed by atoms with van der Waals surface area (Å²) in [5, 5.41) is 0. The standard InChI is InChI=1S/C9H14O2S/c1-2-11-9(10)7-5-3-4-6-8(7)12/h12H,2-6H2,1H3. The highest BCUT2D eigenvalue weighted by atomic mass is 32.1. The summed E-state index contributed by atoms with van der Waals surface area (Å²) in [4.78, 5) is 12.2. The van der Waals surface area contributed by atoms with E-state index in [1.165, 1.54) is 0 Å². The quantitative estimate of drug-likeness (QED) is 0.529. The maximum Gasteiger partial charge on any atom is 0.334 e. The number of esters is 1. The van der Waals surface area contributed by atoms with E-state index in [9.17, 15) is 4.79 Å². The molecule has 1 aliphatic rings. The molecule has 0 heterocycles. The molecule has 0 saturated heterocycles. The van der Waals surface area contributed by atoms with Gasteiger partial charge in [-0.1, -0.05) is 0 Å². The van der Waals surface area contributed by atoms with Crippen LogP contribution in [0.1, 0.15) is 32.6 Å². The van der Waals surface area contributed by atoms with Crippen LogP contribution in [0.5, 0.6) is 0 Å². The molecule has 0 bridgehead atoms. The summed E-state index contributed by atoms with van der Waals surface area (Å²) in [6, 6.07) is 0. The first kappa shape index (κ1) is 9.65. The zero-order chi connectivity index (χ0) is 8.97. The molecular formula is C9H14O2S. The first-order valence-corrected chi connectivity index (χ1v) is 4.78. The number of hydrogen-bond acceptors (Lipinski definition) is 3. The average Bonchev–Trinajstić information content (AvgIpc) is 2.05. The second-order valence-electron chi connectivity index (χ2n) is 2.85. The van der Waals surface area contributed by atoms with Crippen molar-refractivity contribution >= 4 is 18.6 Å². The molecule has 0 unspecified atom stereocenters. The number of hydrogen-bond donors (Lipinski definition) is 1. The van der Waals surface area contributed by atoms with Gasteiger partial charge in [0.1, 0.15) is 0 Å². The molecule has 0 amide bonds. The minimum atomic E-state index is -0.179. The smallest absolute Gasteiger partial charge is 0.334 e. The van der Waals surface area contributed by atoms with Crippen molar-refractivity contribution in [3.05, 3.63) is 10.5 Å². The summed E-state index contributed by atoms with van der Waals surface area (Å²) in [7, 11) is 0. The van der Waals surface area contributed by atoms with Gasteiger partial charge in [-0.2, -0.15) is 0 Å². The number of rotatable bonds is 2. The van der Waals surface area contributed by atoms with Gasteiger partial charge in [0.05, 0.1) is 6.61 Å². The number of carbonyl (C=O) groups excluding carboxylic acids is 1. The molecule has 0 aromatic rings. The zero-order valence-electron chi connectivity index (χ0n) is 7.30. The Bertz CT molecular complexity index is 209. The molecule has 0 N–H and O–H groups in total. The van der Waals surface area contributed by atoms with E-state index in [0.717, 1.165) is 36.2 Å². The van der Waals surface area contributed by atoms with E-state index in [0.29, 0.717) is 6.61 Å². The van der Waals surface area contributed by atoms with Crippen LogP contribution < -0.4 is 0 Å². The van der Waals surface area contributed by atoms with Crippen molar-refractivity contribution in [2.24, 2.45) is 0 Å². The van der Waals surface area contributed by atoms with E-state index in [1.54, 1.807) is 0 Å². The molecule has 12 heavy (non-hydrogen) atoms. The lowest BCUT2D eigenvalue weighted by atomic mass is 9.99. The third-order valence-electron chi connectivity index (χ3n) is 1.96. The third kappa shape index (κ3) is 2.27. The third-order valence-corrected chi connectivity index (χ3v) is 2.45. The second kappa shape index (κ2) is 4.55. The van der Waals surface area contributed by atoms with Crippen molar-refractivity contribution in [2.75, 3.05) is 6.61 Å². The maximum atomic E-state index is 11.3. The monoisotopic (exact) mass is 186 g/mol. The fourth-order valence-corrected chi connectivity index (χ4v) is 1.69. The first-order chi connectivity index (χ1) is 5.75. The van der Waals surface area contributed by atoms with Gasteiger partial charge < -0.3 is 4.74 Å². The van der Waals surface area contributed by atoms with Crippen LogP contribution in [0.25, 0.3) is 0 Å². The van der Waals surface area contributed by atoms with Gasteiger partial charge in [-0.05, 0) is 37.5 Å². The summed E-state index contributed by atoms with van der Waals surface area (Å²) in [5.74, 6) is -0.179. The van der Waals surface area contributed by atoms with Crippen molar-refractivity contribution in [1.82, 2.24) is 0 Å². The molecule has 0 aliphatic heterocycles. The van der Waals surface area contributed by atoms with Gasteiger partial charge in [-0.3, -0.25) is 0 Å². The Labute approximate surface area is 78.4 Å². The van der Waals surface area contributed by atoms with E-state index < -0.39 is 0 Å². The number of carbonyl (C=O) groups is 1. The fraction of sp³-hybridized carbons (Fsp3) is 0.667. The summed E-state index contributed by atoms with van der Waals surface area (Å²) < 4.78 is 4.91. The van der Waals surface area contributed by atoms with E-state index >= 15 is 0 Å². The zero-order valence-corrected chi connectivity index (χ0v) is 8.19. The van der Waals surface area contributed by atoms with Crippen LogP contribution in [-0.4, -0.2) is 12.6 Å². The lowest BCUT2D eigenvalue weighted by Crippen LogP contribution is -2.11. The van der Waals surface area contributed by atoms with E-state index in [2.05, 4.69) is 12.6 Å². The normalized spacial score (nSPS) is 17.8. The molecule has 3 heteroatoms. The Balaban J connectivity index is 2.64. The van der Waals surface area contributed by atoms with Crippen molar-refractivity contribution in [1.29, 1.82) is 0 Å². The number of allylic oxidation sites excluding steroid dienone is 1. The average molecular weight is 186 g/mol. The van der Waals surface area contributed by atoms with Gasteiger partial charge in [-0.15, -0.1) is 12.6 Å². The minimum Gasteiger partial charge on any atom is -0.463 e. The summed E-state index contributed by atoms with van der Waals surface area (Å²) >= 11 is 4.27. The molecule has 68 valence electrons. The minimum absolute atomic E-state index is 0.179. The van der Waals surface area contributed by atoms with Crippen molar-refractivity contribution in [2.45, 2.75) is 32.6 Å². The lowest BCUT2D eigenvalue weighted by Gasteiger charge is -2.14. The molecule has 0 radical (unpaired) electrons. The van der Waals surface area contributed by atoms with Crippen LogP contribution in [0.15, 0.2) is 10.5 Å². The highest BCUT2D eigenvalue weighted by Gasteiger charge is 2.17. The van der Waals surface area contributed by atoms with Crippen LogP contribution in [0.4, 0.5) is 0 Å². The summed E-state index contributed by atoms with van der Waals surface area (Å²) in [5.41, 5.74) is 0.784. The Morgan fingerprint density at radius 1 is 1.50 bits per heavy atom. The topological polar surface area (TPSA) is 26.3 Å². The van der Waals surface area contributed by atoms with Gasteiger partial charge in [0.2, 0.25) is 0 Å². The molecule has 1 rings (SSSR count). The fourth-order valence-electron chi connectivity index (χ4n) is 1.33. The molecule has 0 fully saturated rings. The van der Waals surface area contributed by atoms with Crippen LogP contribution in [0.3, 0.4) is 0 Å². The first-order valence-electron chi connectivity index (χ1n) is 4.33. The molecule has 0 saturated carbocycles. The molecule has 0 aromatic heterocycles. The molecule has 0 aromatic carbocycles. The van der Waals surface area contributed by atoms with E-state index in [-0.39, 0.29) is 5.97 Å². The SMILES string of the molecule is CCOC(=O)C1=C(S)CCCC1. The number of thiol groups is 1. The largest absolute Gasteiger partial charge is 0.463 e.